The number of nitrogens with zero attached hydrogens (tertiary/aromatic N) is 2. The van der Waals surface area contributed by atoms with Gasteiger partial charge >= 0.3 is 0 Å². The van der Waals surface area contributed by atoms with E-state index < -0.39 is 10.0 Å². The molecule has 172 valence electrons. The fourth-order valence-electron chi connectivity index (χ4n) is 3.19. The zero-order valence-electron chi connectivity index (χ0n) is 19.0. The summed E-state index contributed by atoms with van der Waals surface area (Å²) in [4.78, 5) is 12.5. The highest BCUT2D eigenvalue weighted by atomic mass is 79.9. The Bertz CT molecular complexity index is 1300. The molecule has 6 nitrogen and oxygen atoms in total. The zero-order valence-corrected chi connectivity index (χ0v) is 21.4. The number of hydrogen-bond donors (Lipinski definition) is 1. The Morgan fingerprint density at radius 2 is 1.67 bits per heavy atom. The standard InChI is InChI=1S/C25H26BrN3O3S/c1-17-8-13-24(14-18(17)2)29(33(4,31)32)16-20-9-11-21(12-10-20)25(30)28-27-19(3)22-6-5-7-23(26)15-22/h5-15H,16H2,1-4H3,(H,28,30)/b27-19-. The van der Waals surface area contributed by atoms with E-state index in [0.29, 0.717) is 17.0 Å². The van der Waals surface area contributed by atoms with E-state index in [1.54, 1.807) is 30.3 Å². The van der Waals surface area contributed by atoms with Crippen molar-refractivity contribution in [3.05, 3.63) is 99.0 Å². The Hall–Kier alpha value is -2.97. The summed E-state index contributed by atoms with van der Waals surface area (Å²) >= 11 is 3.42. The molecule has 3 aromatic carbocycles. The molecule has 0 aromatic heterocycles. The van der Waals surface area contributed by atoms with Crippen molar-refractivity contribution in [1.82, 2.24) is 5.43 Å². The van der Waals surface area contributed by atoms with Crippen LogP contribution in [0.1, 0.15) is 39.5 Å². The number of carbonyl (C=O) groups excluding carboxylic acids is 1. The summed E-state index contributed by atoms with van der Waals surface area (Å²) in [7, 11) is -3.49. The average molecular weight is 528 g/mol. The number of halogens is 1. The molecule has 0 spiro atoms. The van der Waals surface area contributed by atoms with Crippen LogP contribution in [0, 0.1) is 13.8 Å². The molecule has 0 radical (unpaired) electrons. The monoisotopic (exact) mass is 527 g/mol. The molecule has 3 aromatic rings. The number of hydrazone groups is 1. The number of benzene rings is 3. The third kappa shape index (κ3) is 6.52. The molecule has 0 fully saturated rings. The fraction of sp³-hybridized carbons (Fsp3) is 0.200. The van der Waals surface area contributed by atoms with E-state index >= 15 is 0 Å². The van der Waals surface area contributed by atoms with E-state index in [0.717, 1.165) is 26.7 Å². The van der Waals surface area contributed by atoms with Gasteiger partial charge in [-0.3, -0.25) is 9.10 Å². The van der Waals surface area contributed by atoms with Gasteiger partial charge in [-0.1, -0.05) is 46.3 Å². The second-order valence-corrected chi connectivity index (χ2v) is 10.7. The zero-order chi connectivity index (χ0) is 24.2. The largest absolute Gasteiger partial charge is 0.271 e. The molecule has 0 saturated carbocycles. The molecule has 0 atom stereocenters. The van der Waals surface area contributed by atoms with Gasteiger partial charge in [0.25, 0.3) is 5.91 Å². The highest BCUT2D eigenvalue weighted by Gasteiger charge is 2.18. The number of carbonyl (C=O) groups is 1. The summed E-state index contributed by atoms with van der Waals surface area (Å²) in [5, 5.41) is 4.18. The summed E-state index contributed by atoms with van der Waals surface area (Å²) in [5.74, 6) is -0.343. The summed E-state index contributed by atoms with van der Waals surface area (Å²) in [5.41, 5.74) is 8.07. The first-order valence-corrected chi connectivity index (χ1v) is 12.9. The Kier molecular flexibility index (Phi) is 7.71. The van der Waals surface area contributed by atoms with Crippen LogP contribution >= 0.6 is 15.9 Å². The van der Waals surface area contributed by atoms with Gasteiger partial charge in [-0.15, -0.1) is 0 Å². The van der Waals surface area contributed by atoms with Gasteiger partial charge in [0.2, 0.25) is 10.0 Å². The summed E-state index contributed by atoms with van der Waals surface area (Å²) in [6.45, 7) is 5.92. The van der Waals surface area contributed by atoms with Crippen LogP contribution in [0.25, 0.3) is 0 Å². The molecule has 8 heteroatoms. The van der Waals surface area contributed by atoms with E-state index in [1.807, 2.05) is 57.2 Å². The van der Waals surface area contributed by atoms with Crippen molar-refractivity contribution >= 4 is 43.3 Å². The van der Waals surface area contributed by atoms with Crippen molar-refractivity contribution < 1.29 is 13.2 Å². The molecular weight excluding hydrogens is 502 g/mol. The first kappa shape index (κ1) is 24.7. The molecule has 0 unspecified atom stereocenters. The Morgan fingerprint density at radius 3 is 2.27 bits per heavy atom. The van der Waals surface area contributed by atoms with Crippen molar-refractivity contribution in [3.63, 3.8) is 0 Å². The third-order valence-corrected chi connectivity index (χ3v) is 6.92. The van der Waals surface area contributed by atoms with E-state index in [1.165, 1.54) is 10.6 Å². The lowest BCUT2D eigenvalue weighted by molar-refractivity contribution is 0.0955. The van der Waals surface area contributed by atoms with E-state index in [-0.39, 0.29) is 12.5 Å². The highest BCUT2D eigenvalue weighted by Crippen LogP contribution is 2.23. The van der Waals surface area contributed by atoms with Crippen LogP contribution in [0.2, 0.25) is 0 Å². The molecule has 0 aliphatic heterocycles. The van der Waals surface area contributed by atoms with Crippen LogP contribution in [0.4, 0.5) is 5.69 Å². The number of sulfonamides is 1. The van der Waals surface area contributed by atoms with E-state index in [2.05, 4.69) is 26.5 Å². The Labute approximate surface area is 203 Å². The summed E-state index contributed by atoms with van der Waals surface area (Å²) < 4.78 is 27.2. The lowest BCUT2D eigenvalue weighted by Crippen LogP contribution is -2.29. The van der Waals surface area contributed by atoms with Gasteiger partial charge in [0.1, 0.15) is 0 Å². The lowest BCUT2D eigenvalue weighted by Gasteiger charge is -2.23. The van der Waals surface area contributed by atoms with Crippen molar-refractivity contribution in [2.45, 2.75) is 27.3 Å². The predicted molar refractivity (Wildman–Crippen MR) is 137 cm³/mol. The minimum Gasteiger partial charge on any atom is -0.267 e. The van der Waals surface area contributed by atoms with Crippen molar-refractivity contribution in [2.24, 2.45) is 5.10 Å². The average Bonchev–Trinajstić information content (AvgIpc) is 2.77. The number of amides is 1. The molecule has 33 heavy (non-hydrogen) atoms. The molecule has 0 saturated heterocycles. The first-order valence-electron chi connectivity index (χ1n) is 10.3. The second-order valence-electron chi connectivity index (χ2n) is 7.88. The van der Waals surface area contributed by atoms with Crippen LogP contribution in [0.15, 0.2) is 76.3 Å². The molecule has 3 rings (SSSR count). The van der Waals surface area contributed by atoms with Gasteiger partial charge in [0.05, 0.1) is 24.2 Å². The molecule has 0 bridgehead atoms. The second kappa shape index (κ2) is 10.3. The van der Waals surface area contributed by atoms with Crippen LogP contribution in [-0.2, 0) is 16.6 Å². The van der Waals surface area contributed by atoms with Gasteiger partial charge in [-0.05, 0) is 79.4 Å². The number of hydrogen-bond acceptors (Lipinski definition) is 4. The summed E-state index contributed by atoms with van der Waals surface area (Å²) in [6.07, 6.45) is 1.19. The van der Waals surface area contributed by atoms with E-state index in [9.17, 15) is 13.2 Å². The molecule has 1 amide bonds. The number of nitrogens with one attached hydrogen (secondary N) is 1. The minimum atomic E-state index is -3.49. The highest BCUT2D eigenvalue weighted by molar-refractivity contribution is 9.10. The maximum Gasteiger partial charge on any atom is 0.271 e. The summed E-state index contributed by atoms with van der Waals surface area (Å²) in [6, 6.07) is 20.0. The van der Waals surface area contributed by atoms with Crippen LogP contribution < -0.4 is 9.73 Å². The van der Waals surface area contributed by atoms with E-state index in [4.69, 9.17) is 0 Å². The minimum absolute atomic E-state index is 0.170. The topological polar surface area (TPSA) is 78.8 Å². The van der Waals surface area contributed by atoms with Gasteiger partial charge in [-0.2, -0.15) is 5.10 Å². The molecular formula is C25H26BrN3O3S. The molecule has 1 N–H and O–H groups in total. The maximum atomic E-state index is 12.5. The predicted octanol–water partition coefficient (Wildman–Crippen LogP) is 5.19. The van der Waals surface area contributed by atoms with Crippen molar-refractivity contribution in [2.75, 3.05) is 10.6 Å². The number of anilines is 1. The Morgan fingerprint density at radius 1 is 0.970 bits per heavy atom. The van der Waals surface area contributed by atoms with Crippen molar-refractivity contribution in [3.8, 4) is 0 Å². The Balaban J connectivity index is 1.73. The van der Waals surface area contributed by atoms with Crippen LogP contribution in [0.5, 0.6) is 0 Å². The quantitative estimate of drug-likeness (QED) is 0.339. The van der Waals surface area contributed by atoms with Gasteiger partial charge in [-0.25, -0.2) is 13.8 Å². The molecule has 0 aliphatic rings. The van der Waals surface area contributed by atoms with Crippen molar-refractivity contribution in [1.29, 1.82) is 0 Å². The van der Waals surface area contributed by atoms with Crippen LogP contribution in [0.3, 0.4) is 0 Å². The van der Waals surface area contributed by atoms with Gasteiger partial charge < -0.3 is 0 Å². The normalized spacial score (nSPS) is 11.8. The van der Waals surface area contributed by atoms with Gasteiger partial charge in [0, 0.05) is 10.0 Å². The first-order chi connectivity index (χ1) is 15.5. The van der Waals surface area contributed by atoms with Gasteiger partial charge in [0.15, 0.2) is 0 Å². The number of rotatable bonds is 7. The fourth-order valence-corrected chi connectivity index (χ4v) is 4.46. The molecule has 0 aliphatic carbocycles. The number of aryl methyl sites for hydroxylation is 2. The lowest BCUT2D eigenvalue weighted by atomic mass is 10.1. The third-order valence-electron chi connectivity index (χ3n) is 5.29. The smallest absolute Gasteiger partial charge is 0.267 e. The SMILES string of the molecule is C/C(=N/NC(=O)c1ccc(CN(c2ccc(C)c(C)c2)S(C)(=O)=O)cc1)c1cccc(Br)c1. The molecule has 0 heterocycles. The van der Waals surface area contributed by atoms with Crippen LogP contribution in [-0.4, -0.2) is 26.3 Å². The maximum absolute atomic E-state index is 12.5.